The molecule has 0 saturated carbocycles. The summed E-state index contributed by atoms with van der Waals surface area (Å²) in [6.45, 7) is 17.3. The van der Waals surface area contributed by atoms with E-state index >= 15 is 0 Å². The highest BCUT2D eigenvalue weighted by Gasteiger charge is 2.31. The van der Waals surface area contributed by atoms with Crippen LogP contribution >= 0.6 is 0 Å². The summed E-state index contributed by atoms with van der Waals surface area (Å²) in [6, 6.07) is 0. The second-order valence-electron chi connectivity index (χ2n) is 10.3. The number of rotatable bonds is 4. The molecule has 4 aliphatic rings. The van der Waals surface area contributed by atoms with E-state index in [-0.39, 0.29) is 0 Å². The van der Waals surface area contributed by atoms with Gasteiger partial charge in [-0.15, -0.1) is 0 Å². The lowest BCUT2D eigenvalue weighted by Gasteiger charge is -2.10. The van der Waals surface area contributed by atoms with Gasteiger partial charge in [0.25, 0.3) is 0 Å². The van der Waals surface area contributed by atoms with Gasteiger partial charge < -0.3 is 10.1 Å². The monoisotopic (exact) mass is 506 g/mol. The van der Waals surface area contributed by atoms with Gasteiger partial charge in [0.05, 0.1) is 46.1 Å². The van der Waals surface area contributed by atoms with E-state index < -0.39 is 0 Å². The lowest BCUT2D eigenvalue weighted by Crippen LogP contribution is -2.14. The van der Waals surface area contributed by atoms with E-state index in [0.717, 1.165) is 88.0 Å². The number of aliphatic imine (C=N–C) groups is 3. The molecule has 5 heterocycles. The highest BCUT2D eigenvalue weighted by molar-refractivity contribution is 6.36. The average Bonchev–Trinajstić information content (AvgIpc) is 3.57. The highest BCUT2D eigenvalue weighted by atomic mass is 16.2. The van der Waals surface area contributed by atoms with Gasteiger partial charge in [0.15, 0.2) is 0 Å². The van der Waals surface area contributed by atoms with Crippen LogP contribution in [0, 0.1) is 6.92 Å². The van der Waals surface area contributed by atoms with Crippen LogP contribution in [0.4, 0.5) is 0 Å². The molecule has 0 spiro atoms. The van der Waals surface area contributed by atoms with Gasteiger partial charge in [0, 0.05) is 11.4 Å². The lowest BCUT2D eigenvalue weighted by atomic mass is 9.92. The number of aliphatic hydroxyl groups is 1. The number of hydrogen-bond donors (Lipinski definition) is 2. The van der Waals surface area contributed by atoms with E-state index in [1.165, 1.54) is 34.1 Å². The molecule has 5 heteroatoms. The molecule has 8 bridgehead atoms. The topological polar surface area (TPSA) is 73.1 Å². The molecule has 5 rings (SSSR count). The minimum atomic E-state index is 0.679. The fourth-order valence-electron chi connectivity index (χ4n) is 6.21. The van der Waals surface area contributed by atoms with Gasteiger partial charge in [-0.3, -0.25) is 0 Å². The smallest absolute Gasteiger partial charge is 0.0907 e. The van der Waals surface area contributed by atoms with Crippen LogP contribution in [0.1, 0.15) is 90.2 Å². The van der Waals surface area contributed by atoms with Crippen molar-refractivity contribution in [3.8, 4) is 0 Å². The van der Waals surface area contributed by atoms with Gasteiger partial charge in [-0.05, 0) is 116 Å². The molecule has 0 aliphatic carbocycles. The van der Waals surface area contributed by atoms with E-state index in [2.05, 4.69) is 78.6 Å². The molecule has 196 valence electrons. The van der Waals surface area contributed by atoms with E-state index in [0.29, 0.717) is 5.57 Å². The van der Waals surface area contributed by atoms with Crippen LogP contribution in [0.25, 0.3) is 12.2 Å². The molecule has 5 nitrogen and oxygen atoms in total. The predicted molar refractivity (Wildman–Crippen MR) is 161 cm³/mol. The zero-order chi connectivity index (χ0) is 27.3. The number of aromatic nitrogens is 1. The van der Waals surface area contributed by atoms with Gasteiger partial charge >= 0.3 is 0 Å². The van der Waals surface area contributed by atoms with Crippen molar-refractivity contribution in [2.45, 2.75) is 81.1 Å². The Morgan fingerprint density at radius 1 is 0.658 bits per heavy atom. The van der Waals surface area contributed by atoms with Crippen LogP contribution in [0.2, 0.25) is 0 Å². The Hall–Kier alpha value is -3.73. The lowest BCUT2D eigenvalue weighted by molar-refractivity contribution is 0.472. The number of hydrogen-bond acceptors (Lipinski definition) is 4. The number of aromatic amines is 1. The maximum absolute atomic E-state index is 10.6. The van der Waals surface area contributed by atoms with Crippen LogP contribution in [-0.4, -0.2) is 27.2 Å². The summed E-state index contributed by atoms with van der Waals surface area (Å²) in [5.41, 5.74) is 17.8. The summed E-state index contributed by atoms with van der Waals surface area (Å²) in [6.07, 6.45) is 11.2. The highest BCUT2D eigenvalue weighted by Crippen LogP contribution is 2.39. The van der Waals surface area contributed by atoms with Crippen LogP contribution in [0.3, 0.4) is 0 Å². The van der Waals surface area contributed by atoms with Gasteiger partial charge in [-0.1, -0.05) is 27.7 Å². The molecule has 0 radical (unpaired) electrons. The third-order valence-electron chi connectivity index (χ3n) is 8.43. The number of H-pyrrole nitrogens is 1. The van der Waals surface area contributed by atoms with Gasteiger partial charge in [0.2, 0.25) is 0 Å². The normalized spacial score (nSPS) is 20.3. The summed E-state index contributed by atoms with van der Waals surface area (Å²) in [5, 5.41) is 10.6. The molecule has 2 N–H and O–H groups in total. The number of fused-ring (bicyclic) bond motifs is 5. The average molecular weight is 507 g/mol. The van der Waals surface area contributed by atoms with Crippen molar-refractivity contribution in [1.82, 2.24) is 4.98 Å². The second-order valence-corrected chi connectivity index (χ2v) is 10.3. The first kappa shape index (κ1) is 25.9. The van der Waals surface area contributed by atoms with Crippen LogP contribution in [-0.2, 0) is 6.42 Å². The molecular formula is C33H38N4O. The summed E-state index contributed by atoms with van der Waals surface area (Å²) < 4.78 is 0. The van der Waals surface area contributed by atoms with E-state index in [9.17, 15) is 5.11 Å². The van der Waals surface area contributed by atoms with Gasteiger partial charge in [0.1, 0.15) is 0 Å². The first-order valence-corrected chi connectivity index (χ1v) is 13.9. The first-order valence-electron chi connectivity index (χ1n) is 13.9. The molecule has 1 aromatic heterocycles. The summed E-state index contributed by atoms with van der Waals surface area (Å²) in [5.74, 6) is 0. The van der Waals surface area contributed by atoms with Gasteiger partial charge in [-0.2, -0.15) is 0 Å². The second kappa shape index (κ2) is 9.86. The Morgan fingerprint density at radius 2 is 1.26 bits per heavy atom. The predicted octanol–water partition coefficient (Wildman–Crippen LogP) is 8.45. The van der Waals surface area contributed by atoms with Crippen molar-refractivity contribution in [3.63, 3.8) is 0 Å². The largest absolute Gasteiger partial charge is 0.515 e. The number of aliphatic hydroxyl groups excluding tert-OH is 1. The molecule has 38 heavy (non-hydrogen) atoms. The Labute approximate surface area is 226 Å². The standard InChI is InChI=1S/C33H38N4O/c1-9-21-18(6)27-14-31-23(11-3)20(8)32(37-31)25(16-38)33-24(12-4)19(7)28(36-33)15-30-22(10-2)17(5)26(34-30)13-29(21)35-27/h13-16,35,38H,9-12H2,1-8H3. The summed E-state index contributed by atoms with van der Waals surface area (Å²) >= 11 is 0. The van der Waals surface area contributed by atoms with Crippen molar-refractivity contribution in [2.75, 3.05) is 0 Å². The van der Waals surface area contributed by atoms with Gasteiger partial charge in [-0.25, -0.2) is 15.0 Å². The van der Waals surface area contributed by atoms with Crippen molar-refractivity contribution in [3.05, 3.63) is 91.0 Å². The molecule has 0 fully saturated rings. The third-order valence-corrected chi connectivity index (χ3v) is 8.43. The Morgan fingerprint density at radius 3 is 1.89 bits per heavy atom. The maximum Gasteiger partial charge on any atom is 0.0907 e. The molecule has 0 amide bonds. The van der Waals surface area contributed by atoms with Crippen LogP contribution < -0.4 is 0 Å². The van der Waals surface area contributed by atoms with Crippen molar-refractivity contribution >= 4 is 29.3 Å². The Kier molecular flexibility index (Phi) is 6.72. The SMILES string of the molecule is CCC1=C(C)C2=NC1=Cc1[nH]c(c(CC)c1C)C=C1N=C(C=C3N=C(C2=CO)C(CC)=C3C)C(CC)=C1C. The summed E-state index contributed by atoms with van der Waals surface area (Å²) in [7, 11) is 0. The Balaban J connectivity index is 1.86. The van der Waals surface area contributed by atoms with E-state index in [4.69, 9.17) is 15.0 Å². The molecular weight excluding hydrogens is 468 g/mol. The summed E-state index contributed by atoms with van der Waals surface area (Å²) in [4.78, 5) is 19.0. The fraction of sp³-hybridized carbons (Fsp3) is 0.364. The molecule has 0 aromatic carbocycles. The molecule has 0 atom stereocenters. The van der Waals surface area contributed by atoms with Crippen molar-refractivity contribution in [1.29, 1.82) is 0 Å². The third kappa shape index (κ3) is 3.87. The van der Waals surface area contributed by atoms with Crippen LogP contribution in [0.5, 0.6) is 0 Å². The number of nitrogens with one attached hydrogen (secondary N) is 1. The maximum atomic E-state index is 10.6. The molecule has 0 unspecified atom stereocenters. The van der Waals surface area contributed by atoms with Crippen LogP contribution in [0.15, 0.2) is 83.4 Å². The molecule has 4 aliphatic heterocycles. The fourth-order valence-corrected chi connectivity index (χ4v) is 6.21. The number of nitrogens with zero attached hydrogens (tertiary/aromatic N) is 3. The van der Waals surface area contributed by atoms with E-state index in [1.807, 2.05) is 0 Å². The quantitative estimate of drug-likeness (QED) is 0.395. The Bertz CT molecular complexity index is 1570. The minimum Gasteiger partial charge on any atom is -0.515 e. The van der Waals surface area contributed by atoms with E-state index in [1.54, 1.807) is 0 Å². The number of allylic oxidation sites excluding steroid dienone is 8. The molecule has 1 aromatic rings. The zero-order valence-corrected chi connectivity index (χ0v) is 23.9. The van der Waals surface area contributed by atoms with Crippen molar-refractivity contribution < 1.29 is 5.11 Å². The first-order chi connectivity index (χ1) is 18.3. The van der Waals surface area contributed by atoms with Crippen molar-refractivity contribution in [2.24, 2.45) is 15.0 Å². The zero-order valence-electron chi connectivity index (χ0n) is 23.9. The molecule has 0 saturated heterocycles. The minimum absolute atomic E-state index is 0.679.